The van der Waals surface area contributed by atoms with E-state index in [2.05, 4.69) is 58.6 Å². The number of benzene rings is 1. The van der Waals surface area contributed by atoms with Crippen LogP contribution in [-0.4, -0.2) is 21.9 Å². The minimum Gasteiger partial charge on any atom is -0.359 e. The number of aryl methyl sites for hydroxylation is 1. The lowest BCUT2D eigenvalue weighted by Crippen LogP contribution is -2.40. The molecule has 0 radical (unpaired) electrons. The summed E-state index contributed by atoms with van der Waals surface area (Å²) in [5.41, 5.74) is 6.51. The second kappa shape index (κ2) is 7.13. The average Bonchev–Trinajstić information content (AvgIpc) is 2.81. The topological polar surface area (TPSA) is 41.4 Å². The Kier molecular flexibility index (Phi) is 4.96. The Balaban J connectivity index is 1.66. The number of hydrogen-bond acceptors (Lipinski definition) is 2. The molecule has 2 N–H and O–H groups in total. The lowest BCUT2D eigenvalue weighted by atomic mass is 9.96. The van der Waals surface area contributed by atoms with Crippen LogP contribution in [0.5, 0.6) is 0 Å². The van der Waals surface area contributed by atoms with Gasteiger partial charge in [-0.2, -0.15) is 5.10 Å². The fourth-order valence-corrected chi connectivity index (χ4v) is 3.55. The molecule has 5 heteroatoms. The maximum Gasteiger partial charge on any atom is 0.187 e. The Morgan fingerprint density at radius 2 is 2.00 bits per heavy atom. The van der Waals surface area contributed by atoms with Crippen LogP contribution < -0.4 is 10.7 Å². The van der Waals surface area contributed by atoms with Gasteiger partial charge in [-0.3, -0.25) is 5.43 Å². The third-order valence-corrected chi connectivity index (χ3v) is 4.96. The smallest absolute Gasteiger partial charge is 0.187 e. The molecule has 1 aliphatic carbocycles. The number of hydrogen-bond donors (Lipinski definition) is 2. The molecule has 1 aliphatic rings. The first kappa shape index (κ1) is 16.0. The molecule has 0 saturated heterocycles. The van der Waals surface area contributed by atoms with Gasteiger partial charge in [0.05, 0.1) is 6.21 Å². The molecule has 3 rings (SSSR count). The van der Waals surface area contributed by atoms with E-state index < -0.39 is 0 Å². The quantitative estimate of drug-likeness (QED) is 0.514. The molecule has 1 fully saturated rings. The van der Waals surface area contributed by atoms with Gasteiger partial charge in [-0.05, 0) is 38.0 Å². The number of thiocarbonyl (C=S) groups is 1. The van der Waals surface area contributed by atoms with E-state index in [1.807, 2.05) is 6.21 Å². The zero-order chi connectivity index (χ0) is 16.2. The molecule has 0 aliphatic heterocycles. The second-order valence-electron chi connectivity index (χ2n) is 6.25. The summed E-state index contributed by atoms with van der Waals surface area (Å²) in [7, 11) is 2.08. The monoisotopic (exact) mass is 328 g/mol. The van der Waals surface area contributed by atoms with Crippen LogP contribution in [0.3, 0.4) is 0 Å². The van der Waals surface area contributed by atoms with Crippen LogP contribution in [0, 0.1) is 6.92 Å². The zero-order valence-electron chi connectivity index (χ0n) is 13.8. The first-order valence-corrected chi connectivity index (χ1v) is 8.71. The van der Waals surface area contributed by atoms with E-state index in [0.29, 0.717) is 11.2 Å². The molecule has 0 bridgehead atoms. The van der Waals surface area contributed by atoms with Crippen LogP contribution in [0.25, 0.3) is 10.9 Å². The molecule has 122 valence electrons. The molecule has 2 aromatic rings. The number of hydrazone groups is 1. The van der Waals surface area contributed by atoms with Gasteiger partial charge in [-0.15, -0.1) is 0 Å². The third-order valence-electron chi connectivity index (χ3n) is 4.75. The van der Waals surface area contributed by atoms with Crippen molar-refractivity contribution in [2.75, 3.05) is 0 Å². The molecule has 1 heterocycles. The minimum absolute atomic E-state index is 0.498. The lowest BCUT2D eigenvalue weighted by molar-refractivity contribution is 0.412. The summed E-state index contributed by atoms with van der Waals surface area (Å²) in [6.07, 6.45) is 8.20. The van der Waals surface area contributed by atoms with Crippen molar-refractivity contribution < 1.29 is 0 Å². The van der Waals surface area contributed by atoms with Crippen molar-refractivity contribution in [2.45, 2.75) is 45.1 Å². The van der Waals surface area contributed by atoms with Crippen molar-refractivity contribution in [3.63, 3.8) is 0 Å². The van der Waals surface area contributed by atoms with E-state index in [-0.39, 0.29) is 0 Å². The molecule has 1 saturated carbocycles. The van der Waals surface area contributed by atoms with Crippen molar-refractivity contribution in [2.24, 2.45) is 12.1 Å². The van der Waals surface area contributed by atoms with Gasteiger partial charge in [-0.1, -0.05) is 37.5 Å². The van der Waals surface area contributed by atoms with Gasteiger partial charge in [0.1, 0.15) is 0 Å². The molecule has 0 unspecified atom stereocenters. The van der Waals surface area contributed by atoms with Crippen molar-refractivity contribution in [3.8, 4) is 0 Å². The van der Waals surface area contributed by atoms with E-state index in [1.54, 1.807) is 0 Å². The van der Waals surface area contributed by atoms with Crippen molar-refractivity contribution in [3.05, 3.63) is 35.5 Å². The maximum absolute atomic E-state index is 5.34. The van der Waals surface area contributed by atoms with Gasteiger partial charge in [0, 0.05) is 35.2 Å². The predicted octanol–water partition coefficient (Wildman–Crippen LogP) is 3.62. The number of aromatic nitrogens is 1. The number of fused-ring (bicyclic) bond motifs is 1. The largest absolute Gasteiger partial charge is 0.359 e. The molecule has 1 aromatic carbocycles. The molecule has 4 nitrogen and oxygen atoms in total. The molecule has 0 atom stereocenters. The van der Waals surface area contributed by atoms with Gasteiger partial charge in [-0.25, -0.2) is 0 Å². The maximum atomic E-state index is 5.34. The summed E-state index contributed by atoms with van der Waals surface area (Å²) in [5, 5.41) is 9.53. The molecular weight excluding hydrogens is 304 g/mol. The summed E-state index contributed by atoms with van der Waals surface area (Å²) >= 11 is 5.34. The van der Waals surface area contributed by atoms with Crippen molar-refractivity contribution >= 4 is 34.4 Å². The van der Waals surface area contributed by atoms with Crippen LogP contribution in [0.2, 0.25) is 0 Å². The minimum atomic E-state index is 0.498. The van der Waals surface area contributed by atoms with E-state index >= 15 is 0 Å². The van der Waals surface area contributed by atoms with Crippen LogP contribution in [0.1, 0.15) is 43.4 Å². The molecule has 23 heavy (non-hydrogen) atoms. The van der Waals surface area contributed by atoms with E-state index in [4.69, 9.17) is 12.2 Å². The number of para-hydroxylation sites is 1. The zero-order valence-corrected chi connectivity index (χ0v) is 14.6. The highest BCUT2D eigenvalue weighted by molar-refractivity contribution is 7.80. The standard InChI is InChI=1S/C18H24N4S/c1-13-16(15-10-6-7-11-17(15)22(13)2)12-19-21-18(23)20-14-8-4-3-5-9-14/h6-7,10-12,14H,3-5,8-9H2,1-2H3,(H2,20,21,23)/b19-12-. The van der Waals surface area contributed by atoms with Gasteiger partial charge in [0.15, 0.2) is 5.11 Å². The Morgan fingerprint density at radius 1 is 1.26 bits per heavy atom. The van der Waals surface area contributed by atoms with Crippen molar-refractivity contribution in [1.82, 2.24) is 15.3 Å². The van der Waals surface area contributed by atoms with Gasteiger partial charge in [0.2, 0.25) is 0 Å². The van der Waals surface area contributed by atoms with Crippen LogP contribution in [0.4, 0.5) is 0 Å². The van der Waals surface area contributed by atoms with E-state index in [1.165, 1.54) is 48.7 Å². The van der Waals surface area contributed by atoms with Crippen LogP contribution in [-0.2, 0) is 7.05 Å². The SMILES string of the molecule is Cc1c(/C=N\NC(=S)NC2CCCCC2)c2ccccc2n1C. The van der Waals surface area contributed by atoms with Gasteiger partial charge >= 0.3 is 0 Å². The van der Waals surface area contributed by atoms with Crippen molar-refractivity contribution in [1.29, 1.82) is 0 Å². The fraction of sp³-hybridized carbons (Fsp3) is 0.444. The number of rotatable bonds is 3. The second-order valence-corrected chi connectivity index (χ2v) is 6.66. The summed E-state index contributed by atoms with van der Waals surface area (Å²) in [5.74, 6) is 0. The number of nitrogens with one attached hydrogen (secondary N) is 2. The van der Waals surface area contributed by atoms with Crippen LogP contribution in [0.15, 0.2) is 29.4 Å². The molecular formula is C18H24N4S. The fourth-order valence-electron chi connectivity index (χ4n) is 3.33. The Morgan fingerprint density at radius 3 is 2.78 bits per heavy atom. The highest BCUT2D eigenvalue weighted by Crippen LogP contribution is 2.23. The summed E-state index contributed by atoms with van der Waals surface area (Å²) < 4.78 is 2.19. The highest BCUT2D eigenvalue weighted by Gasteiger charge is 2.13. The molecule has 0 spiro atoms. The number of nitrogens with zero attached hydrogens (tertiary/aromatic N) is 2. The van der Waals surface area contributed by atoms with E-state index in [0.717, 1.165) is 5.56 Å². The molecule has 0 amide bonds. The summed E-state index contributed by atoms with van der Waals surface area (Å²) in [4.78, 5) is 0. The van der Waals surface area contributed by atoms with Gasteiger partial charge < -0.3 is 9.88 Å². The Hall–Kier alpha value is -1.88. The first-order chi connectivity index (χ1) is 11.2. The summed E-state index contributed by atoms with van der Waals surface area (Å²) in [6.45, 7) is 2.11. The van der Waals surface area contributed by atoms with E-state index in [9.17, 15) is 0 Å². The molecule has 1 aromatic heterocycles. The highest BCUT2D eigenvalue weighted by atomic mass is 32.1. The summed E-state index contributed by atoms with van der Waals surface area (Å²) in [6, 6.07) is 8.87. The average molecular weight is 328 g/mol. The predicted molar refractivity (Wildman–Crippen MR) is 101 cm³/mol. The lowest BCUT2D eigenvalue weighted by Gasteiger charge is -2.23. The van der Waals surface area contributed by atoms with Crippen LogP contribution >= 0.6 is 12.2 Å². The normalized spacial score (nSPS) is 16.1. The first-order valence-electron chi connectivity index (χ1n) is 8.30. The third kappa shape index (κ3) is 3.55. The van der Waals surface area contributed by atoms with Gasteiger partial charge in [0.25, 0.3) is 0 Å². The Labute approximate surface area is 142 Å². The Bertz CT molecular complexity index is 726.